The first kappa shape index (κ1) is 11.0. The van der Waals surface area contributed by atoms with Crippen molar-refractivity contribution in [2.75, 3.05) is 6.54 Å². The van der Waals surface area contributed by atoms with Crippen molar-refractivity contribution >= 4 is 0 Å². The summed E-state index contributed by atoms with van der Waals surface area (Å²) in [4.78, 5) is 4.45. The minimum Gasteiger partial charge on any atom is -0.445 e. The number of rotatable bonds is 5. The fourth-order valence-electron chi connectivity index (χ4n) is 3.88. The Labute approximate surface area is 108 Å². The van der Waals surface area contributed by atoms with E-state index < -0.39 is 0 Å². The lowest BCUT2D eigenvalue weighted by atomic mass is 9.87. The van der Waals surface area contributed by atoms with Crippen LogP contribution in [0.3, 0.4) is 0 Å². The molecule has 3 atom stereocenters. The van der Waals surface area contributed by atoms with Crippen molar-refractivity contribution < 1.29 is 4.42 Å². The highest BCUT2D eigenvalue weighted by Gasteiger charge is 2.41. The van der Waals surface area contributed by atoms with Gasteiger partial charge in [0.05, 0.1) is 6.20 Å². The minimum atomic E-state index is 0.682. The second-order valence-electron chi connectivity index (χ2n) is 6.42. The third-order valence-corrected chi connectivity index (χ3v) is 5.02. The normalized spacial score (nSPS) is 34.3. The minimum absolute atomic E-state index is 0.682. The van der Waals surface area contributed by atoms with Crippen molar-refractivity contribution in [3.8, 4) is 0 Å². The van der Waals surface area contributed by atoms with E-state index in [4.69, 9.17) is 4.42 Å². The fourth-order valence-corrected chi connectivity index (χ4v) is 3.88. The molecule has 3 fully saturated rings. The zero-order valence-electron chi connectivity index (χ0n) is 10.9. The van der Waals surface area contributed by atoms with Crippen LogP contribution < -0.4 is 5.32 Å². The predicted molar refractivity (Wildman–Crippen MR) is 69.4 cm³/mol. The summed E-state index contributed by atoms with van der Waals surface area (Å²) in [7, 11) is 0. The van der Waals surface area contributed by atoms with Crippen molar-refractivity contribution in [1.29, 1.82) is 0 Å². The van der Waals surface area contributed by atoms with Crippen LogP contribution >= 0.6 is 0 Å². The SMILES string of the molecule is c1nc(CCNC2CC2)oc1C1CC2CCC1C2. The molecule has 3 aliphatic rings. The van der Waals surface area contributed by atoms with Crippen molar-refractivity contribution in [2.45, 2.75) is 56.9 Å². The molecule has 2 bridgehead atoms. The van der Waals surface area contributed by atoms with Gasteiger partial charge < -0.3 is 9.73 Å². The number of nitrogens with one attached hydrogen (secondary N) is 1. The molecule has 4 rings (SSSR count). The predicted octanol–water partition coefficient (Wildman–Crippen LogP) is 2.87. The van der Waals surface area contributed by atoms with Gasteiger partial charge in [0.15, 0.2) is 5.89 Å². The van der Waals surface area contributed by atoms with E-state index in [1.807, 2.05) is 6.20 Å². The standard InChI is InChI=1S/C15H22N2O/c1-2-11-7-10(1)8-13(11)14-9-17-15(18-14)5-6-16-12-3-4-12/h9-13,16H,1-8H2. The maximum atomic E-state index is 5.97. The Morgan fingerprint density at radius 2 is 2.17 bits per heavy atom. The largest absolute Gasteiger partial charge is 0.445 e. The van der Waals surface area contributed by atoms with Gasteiger partial charge in [-0.1, -0.05) is 6.42 Å². The molecule has 0 radical (unpaired) electrons. The van der Waals surface area contributed by atoms with Gasteiger partial charge in [-0.05, 0) is 43.9 Å². The van der Waals surface area contributed by atoms with E-state index in [0.29, 0.717) is 5.92 Å². The topological polar surface area (TPSA) is 38.1 Å². The highest BCUT2D eigenvalue weighted by atomic mass is 16.4. The quantitative estimate of drug-likeness (QED) is 0.868. The van der Waals surface area contributed by atoms with Crippen LogP contribution in [-0.2, 0) is 6.42 Å². The molecule has 98 valence electrons. The summed E-state index contributed by atoms with van der Waals surface area (Å²) >= 11 is 0. The number of hydrogen-bond donors (Lipinski definition) is 1. The van der Waals surface area contributed by atoms with E-state index in [2.05, 4.69) is 10.3 Å². The second kappa shape index (κ2) is 4.37. The third kappa shape index (κ3) is 2.09. The molecular formula is C15H22N2O. The Hall–Kier alpha value is -0.830. The number of nitrogens with zero attached hydrogens (tertiary/aromatic N) is 1. The molecule has 3 aliphatic carbocycles. The molecule has 3 nitrogen and oxygen atoms in total. The number of fused-ring (bicyclic) bond motifs is 2. The first-order valence-electron chi connectivity index (χ1n) is 7.56. The van der Waals surface area contributed by atoms with Gasteiger partial charge in [-0.2, -0.15) is 0 Å². The zero-order chi connectivity index (χ0) is 11.9. The van der Waals surface area contributed by atoms with Crippen LogP contribution in [0.15, 0.2) is 10.6 Å². The van der Waals surface area contributed by atoms with Crippen LogP contribution in [0.4, 0.5) is 0 Å². The molecule has 1 aromatic heterocycles. The summed E-state index contributed by atoms with van der Waals surface area (Å²) in [5.41, 5.74) is 0. The van der Waals surface area contributed by atoms with E-state index in [1.54, 1.807) is 0 Å². The highest BCUT2D eigenvalue weighted by Crippen LogP contribution is 2.52. The van der Waals surface area contributed by atoms with Gasteiger partial charge in [0.25, 0.3) is 0 Å². The second-order valence-corrected chi connectivity index (χ2v) is 6.42. The Kier molecular flexibility index (Phi) is 2.68. The van der Waals surface area contributed by atoms with Crippen molar-refractivity contribution in [1.82, 2.24) is 10.3 Å². The monoisotopic (exact) mass is 246 g/mol. The third-order valence-electron chi connectivity index (χ3n) is 5.02. The number of oxazole rings is 1. The molecule has 18 heavy (non-hydrogen) atoms. The van der Waals surface area contributed by atoms with Crippen LogP contribution in [0.2, 0.25) is 0 Å². The van der Waals surface area contributed by atoms with E-state index >= 15 is 0 Å². The van der Waals surface area contributed by atoms with Crippen LogP contribution in [0.25, 0.3) is 0 Å². The first-order chi connectivity index (χ1) is 8.88. The summed E-state index contributed by atoms with van der Waals surface area (Å²) in [6.45, 7) is 1.02. The Bertz CT molecular complexity index is 424. The summed E-state index contributed by atoms with van der Waals surface area (Å²) in [6, 6.07) is 0.782. The summed E-state index contributed by atoms with van der Waals surface area (Å²) < 4.78 is 5.97. The lowest BCUT2D eigenvalue weighted by molar-refractivity contribution is 0.343. The van der Waals surface area contributed by atoms with Gasteiger partial charge in [0, 0.05) is 24.9 Å². The lowest BCUT2D eigenvalue weighted by Crippen LogP contribution is -2.19. The van der Waals surface area contributed by atoms with Crippen molar-refractivity contribution in [2.24, 2.45) is 11.8 Å². The molecule has 0 aliphatic heterocycles. The number of aromatic nitrogens is 1. The van der Waals surface area contributed by atoms with E-state index in [1.165, 1.54) is 44.3 Å². The Balaban J connectivity index is 1.36. The fraction of sp³-hybridized carbons (Fsp3) is 0.800. The van der Waals surface area contributed by atoms with Gasteiger partial charge in [-0.25, -0.2) is 4.98 Å². The smallest absolute Gasteiger partial charge is 0.195 e. The molecule has 0 amide bonds. The van der Waals surface area contributed by atoms with Crippen molar-refractivity contribution in [3.63, 3.8) is 0 Å². The molecule has 0 aromatic carbocycles. The van der Waals surface area contributed by atoms with E-state index in [-0.39, 0.29) is 0 Å². The van der Waals surface area contributed by atoms with Gasteiger partial charge in [-0.15, -0.1) is 0 Å². The average Bonchev–Trinajstić information content (AvgIpc) is 2.83. The molecule has 1 heterocycles. The zero-order valence-corrected chi connectivity index (χ0v) is 10.9. The van der Waals surface area contributed by atoms with Gasteiger partial charge in [0.1, 0.15) is 5.76 Å². The van der Waals surface area contributed by atoms with Gasteiger partial charge in [0.2, 0.25) is 0 Å². The lowest BCUT2D eigenvalue weighted by Gasteiger charge is -2.18. The number of hydrogen-bond acceptors (Lipinski definition) is 3. The molecular weight excluding hydrogens is 224 g/mol. The Morgan fingerprint density at radius 3 is 2.89 bits per heavy atom. The molecule has 0 spiro atoms. The van der Waals surface area contributed by atoms with Crippen LogP contribution in [0, 0.1) is 11.8 Å². The summed E-state index contributed by atoms with van der Waals surface area (Å²) in [5.74, 6) is 4.65. The first-order valence-corrected chi connectivity index (χ1v) is 7.56. The molecule has 3 unspecified atom stereocenters. The van der Waals surface area contributed by atoms with E-state index in [0.717, 1.165) is 36.7 Å². The maximum absolute atomic E-state index is 5.97. The Morgan fingerprint density at radius 1 is 1.22 bits per heavy atom. The average molecular weight is 246 g/mol. The molecule has 1 N–H and O–H groups in total. The van der Waals surface area contributed by atoms with Crippen molar-refractivity contribution in [3.05, 3.63) is 17.8 Å². The maximum Gasteiger partial charge on any atom is 0.195 e. The van der Waals surface area contributed by atoms with Crippen LogP contribution in [0.5, 0.6) is 0 Å². The van der Waals surface area contributed by atoms with Crippen LogP contribution in [0.1, 0.15) is 56.1 Å². The summed E-state index contributed by atoms with van der Waals surface area (Å²) in [5, 5.41) is 3.51. The molecule has 1 aromatic rings. The van der Waals surface area contributed by atoms with E-state index in [9.17, 15) is 0 Å². The summed E-state index contributed by atoms with van der Waals surface area (Å²) in [6.07, 6.45) is 11.3. The molecule has 3 saturated carbocycles. The van der Waals surface area contributed by atoms with Crippen LogP contribution in [-0.4, -0.2) is 17.6 Å². The van der Waals surface area contributed by atoms with Gasteiger partial charge in [-0.3, -0.25) is 0 Å². The highest BCUT2D eigenvalue weighted by molar-refractivity contribution is 5.10. The molecule has 3 heteroatoms. The van der Waals surface area contributed by atoms with Gasteiger partial charge >= 0.3 is 0 Å². The molecule has 0 saturated heterocycles.